The topological polar surface area (TPSA) is 96.9 Å². The number of benzene rings is 2. The third-order valence-electron chi connectivity index (χ3n) is 3.41. The summed E-state index contributed by atoms with van der Waals surface area (Å²) in [7, 11) is 2.98. The molecule has 0 bridgehead atoms. The van der Waals surface area contributed by atoms with Gasteiger partial charge in [-0.1, -0.05) is 12.1 Å². The van der Waals surface area contributed by atoms with Gasteiger partial charge in [-0.3, -0.25) is 9.59 Å². The number of aromatic hydroxyl groups is 1. The van der Waals surface area contributed by atoms with Crippen molar-refractivity contribution in [3.05, 3.63) is 54.1 Å². The standard InChI is InChI=1S/C19H20N2O5/c1-25-15-5-3-4-14(11-15)21-19(24)12-20-18(23)9-7-13-6-8-16(22)17(10-13)26-2/h3-11,22H,12H2,1-2H3,(H,20,23)(H,21,24)/b9-7+. The first kappa shape index (κ1) is 18.9. The van der Waals surface area contributed by atoms with E-state index in [9.17, 15) is 14.7 Å². The molecule has 0 heterocycles. The summed E-state index contributed by atoms with van der Waals surface area (Å²) >= 11 is 0. The van der Waals surface area contributed by atoms with Crippen molar-refractivity contribution in [2.75, 3.05) is 26.1 Å². The van der Waals surface area contributed by atoms with Crippen LogP contribution in [0.2, 0.25) is 0 Å². The predicted octanol–water partition coefficient (Wildman–Crippen LogP) is 2.18. The average Bonchev–Trinajstić information content (AvgIpc) is 2.65. The minimum absolute atomic E-state index is 0.0170. The van der Waals surface area contributed by atoms with Crippen molar-refractivity contribution in [3.63, 3.8) is 0 Å². The molecule has 0 unspecified atom stereocenters. The van der Waals surface area contributed by atoms with Gasteiger partial charge in [0.15, 0.2) is 11.5 Å². The lowest BCUT2D eigenvalue weighted by molar-refractivity contribution is -0.121. The number of amides is 2. The SMILES string of the molecule is COc1cccc(NC(=O)CNC(=O)/C=C/c2ccc(O)c(OC)c2)c1. The van der Waals surface area contributed by atoms with E-state index < -0.39 is 5.91 Å². The molecule has 0 fully saturated rings. The van der Waals surface area contributed by atoms with E-state index >= 15 is 0 Å². The van der Waals surface area contributed by atoms with Crippen LogP contribution in [0.15, 0.2) is 48.5 Å². The zero-order chi connectivity index (χ0) is 18.9. The fourth-order valence-corrected chi connectivity index (χ4v) is 2.10. The van der Waals surface area contributed by atoms with Crippen molar-refractivity contribution in [2.45, 2.75) is 0 Å². The van der Waals surface area contributed by atoms with Crippen LogP contribution in [0.25, 0.3) is 6.08 Å². The number of ether oxygens (including phenoxy) is 2. The summed E-state index contributed by atoms with van der Waals surface area (Å²) in [5.41, 5.74) is 1.26. The molecule has 2 amide bonds. The highest BCUT2D eigenvalue weighted by Crippen LogP contribution is 2.26. The highest BCUT2D eigenvalue weighted by molar-refractivity contribution is 5.98. The molecular formula is C19H20N2O5. The van der Waals surface area contributed by atoms with Crippen molar-refractivity contribution in [1.82, 2.24) is 5.32 Å². The van der Waals surface area contributed by atoms with Gasteiger partial charge in [0, 0.05) is 17.8 Å². The van der Waals surface area contributed by atoms with Crippen LogP contribution in [0, 0.1) is 0 Å². The number of nitrogens with one attached hydrogen (secondary N) is 2. The maximum absolute atomic E-state index is 11.9. The van der Waals surface area contributed by atoms with Gasteiger partial charge in [-0.05, 0) is 35.9 Å². The van der Waals surface area contributed by atoms with Crippen molar-refractivity contribution in [3.8, 4) is 17.2 Å². The summed E-state index contributed by atoms with van der Waals surface area (Å²) in [5, 5.41) is 14.7. The van der Waals surface area contributed by atoms with E-state index in [-0.39, 0.29) is 18.2 Å². The maximum Gasteiger partial charge on any atom is 0.244 e. The predicted molar refractivity (Wildman–Crippen MR) is 98.3 cm³/mol. The molecule has 0 radical (unpaired) electrons. The van der Waals surface area contributed by atoms with Gasteiger partial charge >= 0.3 is 0 Å². The Kier molecular flexibility index (Phi) is 6.61. The lowest BCUT2D eigenvalue weighted by atomic mass is 10.2. The molecule has 0 spiro atoms. The van der Waals surface area contributed by atoms with Gasteiger partial charge in [-0.2, -0.15) is 0 Å². The van der Waals surface area contributed by atoms with Gasteiger partial charge in [0.25, 0.3) is 0 Å². The molecule has 0 aliphatic rings. The first-order chi connectivity index (χ1) is 12.5. The number of carbonyl (C=O) groups is 2. The zero-order valence-corrected chi connectivity index (χ0v) is 14.5. The summed E-state index contributed by atoms with van der Waals surface area (Å²) in [6.45, 7) is -0.167. The monoisotopic (exact) mass is 356 g/mol. The normalized spacial score (nSPS) is 10.4. The van der Waals surface area contributed by atoms with Crippen molar-refractivity contribution >= 4 is 23.6 Å². The Morgan fingerprint density at radius 1 is 1.12 bits per heavy atom. The Morgan fingerprint density at radius 3 is 2.65 bits per heavy atom. The third-order valence-corrected chi connectivity index (χ3v) is 3.41. The Bertz CT molecular complexity index is 817. The molecule has 0 aliphatic carbocycles. The number of phenolic OH excluding ortho intramolecular Hbond substituents is 1. The van der Waals surface area contributed by atoms with Crippen LogP contribution in [-0.4, -0.2) is 37.7 Å². The van der Waals surface area contributed by atoms with E-state index in [1.54, 1.807) is 42.5 Å². The van der Waals surface area contributed by atoms with Crippen molar-refractivity contribution in [2.24, 2.45) is 0 Å². The Balaban J connectivity index is 1.85. The second-order valence-corrected chi connectivity index (χ2v) is 5.26. The number of hydrogen-bond donors (Lipinski definition) is 3. The van der Waals surface area contributed by atoms with Crippen LogP contribution < -0.4 is 20.1 Å². The van der Waals surface area contributed by atoms with Crippen LogP contribution >= 0.6 is 0 Å². The van der Waals surface area contributed by atoms with Gasteiger partial charge in [0.05, 0.1) is 20.8 Å². The van der Waals surface area contributed by atoms with Crippen LogP contribution in [-0.2, 0) is 9.59 Å². The highest BCUT2D eigenvalue weighted by Gasteiger charge is 2.05. The Morgan fingerprint density at radius 2 is 1.92 bits per heavy atom. The lowest BCUT2D eigenvalue weighted by Crippen LogP contribution is -2.31. The molecular weight excluding hydrogens is 336 g/mol. The molecule has 0 saturated heterocycles. The molecule has 26 heavy (non-hydrogen) atoms. The number of hydrogen-bond acceptors (Lipinski definition) is 5. The van der Waals surface area contributed by atoms with Gasteiger partial charge < -0.3 is 25.2 Å². The van der Waals surface area contributed by atoms with Gasteiger partial charge in [-0.15, -0.1) is 0 Å². The number of carbonyl (C=O) groups excluding carboxylic acids is 2. The molecule has 0 aliphatic heterocycles. The second kappa shape index (κ2) is 9.12. The minimum Gasteiger partial charge on any atom is -0.504 e. The molecule has 0 saturated carbocycles. The minimum atomic E-state index is -0.419. The summed E-state index contributed by atoms with van der Waals surface area (Å²) < 4.78 is 10.1. The van der Waals surface area contributed by atoms with E-state index in [4.69, 9.17) is 9.47 Å². The van der Waals surface area contributed by atoms with Gasteiger partial charge in [0.2, 0.25) is 11.8 Å². The van der Waals surface area contributed by atoms with Crippen molar-refractivity contribution in [1.29, 1.82) is 0 Å². The fourth-order valence-electron chi connectivity index (χ4n) is 2.10. The van der Waals surface area contributed by atoms with Gasteiger partial charge in [-0.25, -0.2) is 0 Å². The Hall–Kier alpha value is -3.48. The maximum atomic E-state index is 11.9. The van der Waals surface area contributed by atoms with Crippen LogP contribution in [0.4, 0.5) is 5.69 Å². The smallest absolute Gasteiger partial charge is 0.244 e. The molecule has 0 atom stereocenters. The third kappa shape index (κ3) is 5.55. The van der Waals surface area contributed by atoms with Crippen LogP contribution in [0.1, 0.15) is 5.56 Å². The molecule has 2 rings (SSSR count). The van der Waals surface area contributed by atoms with E-state index in [0.717, 1.165) is 0 Å². The lowest BCUT2D eigenvalue weighted by Gasteiger charge is -2.07. The van der Waals surface area contributed by atoms with Crippen molar-refractivity contribution < 1.29 is 24.2 Å². The summed E-state index contributed by atoms with van der Waals surface area (Å²) in [5.74, 6) is 0.178. The van der Waals surface area contributed by atoms with E-state index in [1.165, 1.54) is 26.4 Å². The average molecular weight is 356 g/mol. The second-order valence-electron chi connectivity index (χ2n) is 5.26. The first-order valence-corrected chi connectivity index (χ1v) is 7.78. The summed E-state index contributed by atoms with van der Waals surface area (Å²) in [6.07, 6.45) is 2.85. The molecule has 7 nitrogen and oxygen atoms in total. The number of methoxy groups -OCH3 is 2. The zero-order valence-electron chi connectivity index (χ0n) is 14.5. The molecule has 2 aromatic carbocycles. The number of anilines is 1. The highest BCUT2D eigenvalue weighted by atomic mass is 16.5. The van der Waals surface area contributed by atoms with E-state index in [0.29, 0.717) is 22.7 Å². The number of phenols is 1. The summed E-state index contributed by atoms with van der Waals surface area (Å²) in [4.78, 5) is 23.7. The van der Waals surface area contributed by atoms with E-state index in [2.05, 4.69) is 10.6 Å². The molecule has 0 aromatic heterocycles. The fraction of sp³-hybridized carbons (Fsp3) is 0.158. The molecule has 136 valence electrons. The molecule has 7 heteroatoms. The molecule has 3 N–H and O–H groups in total. The number of rotatable bonds is 7. The quantitative estimate of drug-likeness (QED) is 0.661. The van der Waals surface area contributed by atoms with Crippen LogP contribution in [0.5, 0.6) is 17.2 Å². The Labute approximate surface area is 151 Å². The molecule has 2 aromatic rings. The first-order valence-electron chi connectivity index (χ1n) is 7.78. The van der Waals surface area contributed by atoms with E-state index in [1.807, 2.05) is 0 Å². The largest absolute Gasteiger partial charge is 0.504 e. The summed E-state index contributed by atoms with van der Waals surface area (Å²) in [6, 6.07) is 11.6. The van der Waals surface area contributed by atoms with Gasteiger partial charge in [0.1, 0.15) is 5.75 Å². The van der Waals surface area contributed by atoms with Crippen LogP contribution in [0.3, 0.4) is 0 Å².